The Kier molecular flexibility index (Phi) is 7.25. The van der Waals surface area contributed by atoms with Crippen molar-refractivity contribution in [2.45, 2.75) is 38.0 Å². The van der Waals surface area contributed by atoms with Crippen molar-refractivity contribution < 1.29 is 18.0 Å². The Morgan fingerprint density at radius 3 is 2.64 bits per heavy atom. The quantitative estimate of drug-likeness (QED) is 0.314. The van der Waals surface area contributed by atoms with Gasteiger partial charge in [-0.25, -0.2) is 9.88 Å². The first-order valence-electron chi connectivity index (χ1n) is 12.3. The Morgan fingerprint density at radius 2 is 1.95 bits per heavy atom. The third-order valence-corrected chi connectivity index (χ3v) is 7.87. The zero-order valence-electron chi connectivity index (χ0n) is 21.3. The fourth-order valence-electron chi connectivity index (χ4n) is 4.64. The number of benzene rings is 2. The molecule has 1 aliphatic rings. The lowest BCUT2D eigenvalue weighted by molar-refractivity contribution is -0.169. The summed E-state index contributed by atoms with van der Waals surface area (Å²) in [6.45, 7) is 0.289. The van der Waals surface area contributed by atoms with Gasteiger partial charge in [-0.05, 0) is 68.8 Å². The number of carbonyl (C=O) groups excluding carboxylic acids is 1. The highest BCUT2D eigenvalue weighted by Gasteiger charge is 2.45. The maximum atomic E-state index is 13.7. The minimum atomic E-state index is -5.06. The summed E-state index contributed by atoms with van der Waals surface area (Å²) in [4.78, 5) is 20.8. The molecule has 2 aromatic carbocycles. The van der Waals surface area contributed by atoms with E-state index in [1.54, 1.807) is 41.2 Å². The highest BCUT2D eigenvalue weighted by molar-refractivity contribution is 7.16. The van der Waals surface area contributed by atoms with Crippen molar-refractivity contribution in [1.29, 1.82) is 5.26 Å². The molecule has 1 amide bonds. The van der Waals surface area contributed by atoms with Crippen LogP contribution in [0.25, 0.3) is 11.1 Å². The van der Waals surface area contributed by atoms with E-state index in [9.17, 15) is 18.0 Å². The van der Waals surface area contributed by atoms with E-state index in [1.807, 2.05) is 32.4 Å². The average molecular weight is 551 g/mol. The summed E-state index contributed by atoms with van der Waals surface area (Å²) < 4.78 is 42.9. The maximum absolute atomic E-state index is 13.7. The molecule has 0 spiro atoms. The van der Waals surface area contributed by atoms with E-state index in [2.05, 4.69) is 21.1 Å². The number of carbonyl (C=O) groups is 1. The Bertz CT molecular complexity index is 1530. The monoisotopic (exact) mass is 550 g/mol. The Labute approximate surface area is 227 Å². The van der Waals surface area contributed by atoms with Gasteiger partial charge in [0.25, 0.3) is 0 Å². The maximum Gasteiger partial charge on any atom is 0.472 e. The molecule has 7 nitrogen and oxygen atoms in total. The van der Waals surface area contributed by atoms with E-state index in [0.717, 1.165) is 39.5 Å². The molecule has 0 radical (unpaired) electrons. The van der Waals surface area contributed by atoms with Gasteiger partial charge in [0.1, 0.15) is 0 Å². The first-order valence-corrected chi connectivity index (χ1v) is 13.1. The van der Waals surface area contributed by atoms with Crippen LogP contribution >= 0.6 is 11.3 Å². The van der Waals surface area contributed by atoms with Gasteiger partial charge in [-0.2, -0.15) is 23.5 Å². The van der Waals surface area contributed by atoms with Crippen LogP contribution in [0.3, 0.4) is 0 Å². The van der Waals surface area contributed by atoms with Gasteiger partial charge in [0, 0.05) is 22.7 Å². The standard InChI is InChI=1S/C28H25F3N6OS/c1-35(2)22-10-11-24-25(13-22)39-27(34-24)37(26(38)28(29,30)31)23-5-3-4-19(12-23)16-36-17-21(15-33-36)20-8-6-18(14-32)7-9-20/h3-9,12,15,17,22H,10-11,13,16H2,1-2H3/t22-/m0/s1. The summed E-state index contributed by atoms with van der Waals surface area (Å²) >= 11 is 1.15. The third-order valence-electron chi connectivity index (χ3n) is 6.76. The number of thiazole rings is 1. The number of likely N-dealkylation sites (N-methyl/N-ethyl adjacent to an activating group) is 1. The van der Waals surface area contributed by atoms with Crippen molar-refractivity contribution in [3.8, 4) is 17.2 Å². The number of rotatable bonds is 6. The SMILES string of the molecule is CN(C)[C@H]1CCc2nc(N(C(=O)C(F)(F)F)c3cccc(Cn4cc(-c5ccc(C#N)cc5)cn4)c3)sc2C1. The van der Waals surface area contributed by atoms with Gasteiger partial charge in [-0.3, -0.25) is 9.48 Å². The Balaban J connectivity index is 1.43. The summed E-state index contributed by atoms with van der Waals surface area (Å²) in [5.41, 5.74) is 3.82. The van der Waals surface area contributed by atoms with Crippen molar-refractivity contribution in [3.63, 3.8) is 0 Å². The number of aryl methyl sites for hydroxylation is 1. The minimum absolute atomic E-state index is 0.0288. The second-order valence-electron chi connectivity index (χ2n) is 9.65. The van der Waals surface area contributed by atoms with Gasteiger partial charge >= 0.3 is 12.1 Å². The molecule has 2 aromatic heterocycles. The predicted octanol–water partition coefficient (Wildman–Crippen LogP) is 5.57. The normalized spacial score (nSPS) is 15.2. The van der Waals surface area contributed by atoms with Gasteiger partial charge in [0.15, 0.2) is 5.13 Å². The van der Waals surface area contributed by atoms with Gasteiger partial charge in [0.2, 0.25) is 0 Å². The van der Waals surface area contributed by atoms with Crippen LogP contribution in [0.4, 0.5) is 24.0 Å². The van der Waals surface area contributed by atoms with Crippen molar-refractivity contribution >= 4 is 28.1 Å². The molecule has 1 aliphatic carbocycles. The lowest BCUT2D eigenvalue weighted by Gasteiger charge is -2.27. The van der Waals surface area contributed by atoms with E-state index in [4.69, 9.17) is 5.26 Å². The molecule has 11 heteroatoms. The molecule has 0 saturated heterocycles. The second kappa shape index (κ2) is 10.6. The fourth-order valence-corrected chi connectivity index (χ4v) is 5.84. The first kappa shape index (κ1) is 26.6. The number of anilines is 2. The van der Waals surface area contributed by atoms with Crippen molar-refractivity contribution in [3.05, 3.63) is 82.6 Å². The summed E-state index contributed by atoms with van der Waals surface area (Å²) in [7, 11) is 3.96. The number of amides is 1. The highest BCUT2D eigenvalue weighted by atomic mass is 32.1. The van der Waals surface area contributed by atoms with Crippen molar-refractivity contribution in [2.24, 2.45) is 0 Å². The zero-order valence-corrected chi connectivity index (χ0v) is 22.1. The summed E-state index contributed by atoms with van der Waals surface area (Å²) in [5.74, 6) is -1.97. The first-order chi connectivity index (χ1) is 18.6. The number of hydrogen-bond acceptors (Lipinski definition) is 6. The molecule has 0 bridgehead atoms. The molecular weight excluding hydrogens is 525 g/mol. The second-order valence-corrected chi connectivity index (χ2v) is 10.7. The van der Waals surface area contributed by atoms with E-state index in [0.29, 0.717) is 28.9 Å². The van der Waals surface area contributed by atoms with Gasteiger partial charge < -0.3 is 4.90 Å². The summed E-state index contributed by atoms with van der Waals surface area (Å²) in [6, 6.07) is 15.9. The number of halogens is 3. The summed E-state index contributed by atoms with van der Waals surface area (Å²) in [6.07, 6.45) is 0.652. The van der Waals surface area contributed by atoms with Crippen LogP contribution in [0.5, 0.6) is 0 Å². The van der Waals surface area contributed by atoms with Crippen LogP contribution in [0, 0.1) is 11.3 Å². The van der Waals surface area contributed by atoms with Crippen molar-refractivity contribution in [2.75, 3.05) is 19.0 Å². The number of hydrogen-bond donors (Lipinski definition) is 0. The van der Waals surface area contributed by atoms with Gasteiger partial charge in [0.05, 0.1) is 35.8 Å². The van der Waals surface area contributed by atoms with E-state index >= 15 is 0 Å². The molecule has 0 unspecified atom stereocenters. The number of fused-ring (bicyclic) bond motifs is 1. The van der Waals surface area contributed by atoms with Crippen LogP contribution in [0.15, 0.2) is 60.9 Å². The molecule has 0 fully saturated rings. The molecule has 5 rings (SSSR count). The molecule has 4 aromatic rings. The third kappa shape index (κ3) is 5.72. The number of nitriles is 1. The molecule has 2 heterocycles. The Hall–Kier alpha value is -4.01. The van der Waals surface area contributed by atoms with Crippen molar-refractivity contribution in [1.82, 2.24) is 19.7 Å². The smallest absolute Gasteiger partial charge is 0.306 e. The lowest BCUT2D eigenvalue weighted by Crippen LogP contribution is -2.38. The minimum Gasteiger partial charge on any atom is -0.306 e. The molecule has 200 valence electrons. The fraction of sp³-hybridized carbons (Fsp3) is 0.286. The van der Waals surface area contributed by atoms with Crippen LogP contribution in [-0.4, -0.2) is 51.9 Å². The molecule has 0 aliphatic heterocycles. The molecular formula is C28H25F3N6OS. The van der Waals surface area contributed by atoms with E-state index in [-0.39, 0.29) is 23.4 Å². The summed E-state index contributed by atoms with van der Waals surface area (Å²) in [5, 5.41) is 13.4. The molecule has 0 saturated carbocycles. The van der Waals surface area contributed by atoms with Crippen LogP contribution in [0.1, 0.15) is 28.1 Å². The lowest BCUT2D eigenvalue weighted by atomic mass is 9.97. The molecule has 1 atom stereocenters. The molecule has 39 heavy (non-hydrogen) atoms. The van der Waals surface area contributed by atoms with Gasteiger partial charge in [-0.15, -0.1) is 11.3 Å². The average Bonchev–Trinajstić information content (AvgIpc) is 3.55. The van der Waals surface area contributed by atoms with E-state index < -0.39 is 12.1 Å². The number of alkyl halides is 3. The zero-order chi connectivity index (χ0) is 27.7. The van der Waals surface area contributed by atoms with Crippen LogP contribution in [0.2, 0.25) is 0 Å². The number of aromatic nitrogens is 3. The van der Waals surface area contributed by atoms with Gasteiger partial charge in [-0.1, -0.05) is 24.3 Å². The van der Waals surface area contributed by atoms with Crippen LogP contribution in [-0.2, 0) is 24.2 Å². The Morgan fingerprint density at radius 1 is 1.18 bits per heavy atom. The topological polar surface area (TPSA) is 78.0 Å². The van der Waals surface area contributed by atoms with Crippen LogP contribution < -0.4 is 4.90 Å². The molecule has 0 N–H and O–H groups in total. The highest BCUT2D eigenvalue weighted by Crippen LogP contribution is 2.38. The largest absolute Gasteiger partial charge is 0.472 e. The predicted molar refractivity (Wildman–Crippen MR) is 143 cm³/mol. The number of nitrogens with zero attached hydrogens (tertiary/aromatic N) is 6. The van der Waals surface area contributed by atoms with E-state index in [1.165, 1.54) is 6.07 Å².